The number of aromatic nitrogens is 4. The Morgan fingerprint density at radius 3 is 1.77 bits per heavy atom. The van der Waals surface area contributed by atoms with Crippen molar-refractivity contribution >= 4 is 35.6 Å². The van der Waals surface area contributed by atoms with Crippen LogP contribution in [0.15, 0.2) is 30.0 Å². The molecule has 0 aliphatic rings. The molecule has 4 unspecified atom stereocenters. The van der Waals surface area contributed by atoms with Crippen LogP contribution in [0.2, 0.25) is 0 Å². The van der Waals surface area contributed by atoms with E-state index in [4.69, 9.17) is 22.9 Å². The van der Waals surface area contributed by atoms with Crippen LogP contribution in [0.1, 0.15) is 30.7 Å². The summed E-state index contributed by atoms with van der Waals surface area (Å²) in [4.78, 5) is 79.2. The van der Waals surface area contributed by atoms with E-state index in [1.807, 2.05) is 0 Å². The molecule has 0 radical (unpaired) electrons. The van der Waals surface area contributed by atoms with Gasteiger partial charge in [0.1, 0.15) is 18.1 Å². The van der Waals surface area contributed by atoms with Gasteiger partial charge in [0.05, 0.1) is 25.1 Å². The van der Waals surface area contributed by atoms with Gasteiger partial charge in [0.25, 0.3) is 0 Å². The maximum absolute atomic E-state index is 13.3. The minimum absolute atomic E-state index is 0.0127. The molecule has 218 valence electrons. The number of carboxylic acids is 1. The fourth-order valence-electron chi connectivity index (χ4n) is 3.54. The summed E-state index contributed by atoms with van der Waals surface area (Å²) in [6, 6.07) is -5.13. The third kappa shape index (κ3) is 10.8. The summed E-state index contributed by atoms with van der Waals surface area (Å²) in [6.07, 6.45) is 5.29. The zero-order valence-corrected chi connectivity index (χ0v) is 21.5. The molecule has 18 heteroatoms. The monoisotopic (exact) mass is 562 g/mol. The molecule has 18 nitrogen and oxygen atoms in total. The Bertz CT molecular complexity index is 1160. The molecule has 4 atom stereocenters. The van der Waals surface area contributed by atoms with E-state index in [1.165, 1.54) is 25.0 Å². The Hall–Kier alpha value is -5.00. The normalized spacial score (nSPS) is 13.7. The zero-order chi connectivity index (χ0) is 29.7. The molecule has 0 spiro atoms. The number of hydrogen-bond donors (Lipinski definition) is 10. The van der Waals surface area contributed by atoms with Gasteiger partial charge in [-0.2, -0.15) is 0 Å². The molecule has 2 aromatic heterocycles. The third-order valence-corrected chi connectivity index (χ3v) is 5.54. The van der Waals surface area contributed by atoms with Gasteiger partial charge in [-0.05, 0) is 12.8 Å². The van der Waals surface area contributed by atoms with Crippen molar-refractivity contribution in [2.75, 3.05) is 6.54 Å². The molecule has 4 amide bonds. The number of aliphatic carboxylic acids is 1. The number of rotatable bonds is 17. The molecule has 2 aromatic rings. The molecule has 40 heavy (non-hydrogen) atoms. The van der Waals surface area contributed by atoms with Crippen molar-refractivity contribution in [2.45, 2.75) is 56.3 Å². The number of nitrogens with one attached hydrogen (secondary N) is 5. The highest BCUT2D eigenvalue weighted by Gasteiger charge is 2.31. The highest BCUT2D eigenvalue weighted by Crippen LogP contribution is 2.06. The molecule has 0 fully saturated rings. The maximum Gasteiger partial charge on any atom is 0.326 e. The van der Waals surface area contributed by atoms with E-state index in [1.54, 1.807) is 0 Å². The van der Waals surface area contributed by atoms with Crippen LogP contribution in [0.4, 0.5) is 0 Å². The number of carboxylic acid groups (broad SMARTS) is 1. The minimum atomic E-state index is -1.31. The first-order chi connectivity index (χ1) is 19.0. The number of nitrogens with zero attached hydrogens (tertiary/aromatic N) is 3. The number of primary amides is 1. The van der Waals surface area contributed by atoms with E-state index in [0.29, 0.717) is 11.4 Å². The third-order valence-electron chi connectivity index (χ3n) is 5.54. The molecular formula is C22H34N12O6. The first-order valence-corrected chi connectivity index (χ1v) is 12.1. The Morgan fingerprint density at radius 2 is 1.35 bits per heavy atom. The molecule has 0 saturated heterocycles. The Balaban J connectivity index is 2.20. The van der Waals surface area contributed by atoms with Crippen molar-refractivity contribution in [1.82, 2.24) is 35.9 Å². The second-order valence-electron chi connectivity index (χ2n) is 8.81. The summed E-state index contributed by atoms with van der Waals surface area (Å²) < 4.78 is 0. The molecule has 0 aromatic carbocycles. The second-order valence-corrected chi connectivity index (χ2v) is 8.81. The predicted molar refractivity (Wildman–Crippen MR) is 140 cm³/mol. The summed E-state index contributed by atoms with van der Waals surface area (Å²) in [7, 11) is 0. The summed E-state index contributed by atoms with van der Waals surface area (Å²) in [5.74, 6) is -4.65. The van der Waals surface area contributed by atoms with Crippen LogP contribution in [0.5, 0.6) is 0 Å². The fraction of sp³-hybridized carbons (Fsp3) is 0.455. The van der Waals surface area contributed by atoms with E-state index in [-0.39, 0.29) is 38.2 Å². The number of hydrogen-bond acceptors (Lipinski definition) is 9. The lowest BCUT2D eigenvalue weighted by molar-refractivity contribution is -0.142. The molecular weight excluding hydrogens is 528 g/mol. The average Bonchev–Trinajstić information content (AvgIpc) is 3.58. The number of aliphatic imine (C=N–C) groups is 1. The lowest BCUT2D eigenvalue weighted by Crippen LogP contribution is -2.58. The lowest BCUT2D eigenvalue weighted by atomic mass is 10.1. The predicted octanol–water partition coefficient (Wildman–Crippen LogP) is -4.29. The second kappa shape index (κ2) is 15.4. The van der Waals surface area contributed by atoms with E-state index in [2.05, 4.69) is 40.9 Å². The van der Waals surface area contributed by atoms with Gasteiger partial charge in [0.2, 0.25) is 23.6 Å². The Morgan fingerprint density at radius 1 is 0.850 bits per heavy atom. The lowest BCUT2D eigenvalue weighted by Gasteiger charge is -2.25. The molecule has 0 aliphatic heterocycles. The van der Waals surface area contributed by atoms with Crippen LogP contribution in [-0.2, 0) is 36.8 Å². The van der Waals surface area contributed by atoms with Gasteiger partial charge >= 0.3 is 5.97 Å². The van der Waals surface area contributed by atoms with Gasteiger partial charge in [-0.25, -0.2) is 14.8 Å². The van der Waals surface area contributed by atoms with E-state index in [0.717, 1.165) is 0 Å². The topological polar surface area (TPSA) is 315 Å². The number of H-pyrrole nitrogens is 2. The number of aromatic amines is 2. The van der Waals surface area contributed by atoms with Gasteiger partial charge in [0, 0.05) is 43.2 Å². The number of guanidine groups is 1. The highest BCUT2D eigenvalue weighted by molar-refractivity contribution is 5.95. The number of carbonyl (C=O) groups excluding carboxylic acids is 4. The van der Waals surface area contributed by atoms with Gasteiger partial charge < -0.3 is 54.0 Å². The standard InChI is InChI=1S/C22H34N12O6/c23-13(6-17(24)35)18(36)33-15(4-11-7-27-9-30-11)20(38)34-16(5-12-8-28-10-31-12)19(37)32-14(21(39)40)2-1-3-29-22(25)26/h7-10,13-16H,1-6,23H2,(H2,24,35)(H,27,30)(H,28,31)(H,32,37)(H,33,36)(H,34,38)(H,39,40)(H4,25,26,29). The molecule has 0 bridgehead atoms. The van der Waals surface area contributed by atoms with Crippen molar-refractivity contribution in [1.29, 1.82) is 0 Å². The largest absolute Gasteiger partial charge is 0.480 e. The van der Waals surface area contributed by atoms with Crippen molar-refractivity contribution < 1.29 is 29.1 Å². The molecule has 14 N–H and O–H groups in total. The molecule has 2 heterocycles. The summed E-state index contributed by atoms with van der Waals surface area (Å²) in [5.41, 5.74) is 22.3. The molecule has 0 aliphatic carbocycles. The van der Waals surface area contributed by atoms with Crippen LogP contribution < -0.4 is 38.9 Å². The number of amides is 4. The number of nitrogens with two attached hydrogens (primary N) is 4. The van der Waals surface area contributed by atoms with Crippen molar-refractivity contribution in [3.05, 3.63) is 36.4 Å². The van der Waals surface area contributed by atoms with Crippen molar-refractivity contribution in [2.24, 2.45) is 27.9 Å². The van der Waals surface area contributed by atoms with E-state index in [9.17, 15) is 29.1 Å². The number of carbonyl (C=O) groups is 5. The maximum atomic E-state index is 13.3. The van der Waals surface area contributed by atoms with Gasteiger partial charge in [0.15, 0.2) is 5.96 Å². The van der Waals surface area contributed by atoms with Crippen LogP contribution in [-0.4, -0.2) is 91.3 Å². The summed E-state index contributed by atoms with van der Waals surface area (Å²) in [5, 5.41) is 17.0. The van der Waals surface area contributed by atoms with Gasteiger partial charge in [-0.1, -0.05) is 0 Å². The van der Waals surface area contributed by atoms with Crippen LogP contribution in [0, 0.1) is 0 Å². The van der Waals surface area contributed by atoms with Gasteiger partial charge in [-0.15, -0.1) is 0 Å². The van der Waals surface area contributed by atoms with Gasteiger partial charge in [-0.3, -0.25) is 24.2 Å². The highest BCUT2D eigenvalue weighted by atomic mass is 16.4. The first kappa shape index (κ1) is 31.2. The van der Waals surface area contributed by atoms with E-state index >= 15 is 0 Å². The van der Waals surface area contributed by atoms with E-state index < -0.39 is 60.2 Å². The summed E-state index contributed by atoms with van der Waals surface area (Å²) >= 11 is 0. The number of imidazole rings is 2. The fourth-order valence-corrected chi connectivity index (χ4v) is 3.54. The SMILES string of the molecule is NC(=O)CC(N)C(=O)NC(Cc1cnc[nH]1)C(=O)NC(Cc1cnc[nH]1)C(=O)NC(CCCN=C(N)N)C(=O)O. The van der Waals surface area contributed by atoms with Crippen LogP contribution >= 0.6 is 0 Å². The Kier molecular flexibility index (Phi) is 12.0. The minimum Gasteiger partial charge on any atom is -0.480 e. The average molecular weight is 563 g/mol. The smallest absolute Gasteiger partial charge is 0.326 e. The van der Waals surface area contributed by atoms with Crippen LogP contribution in [0.25, 0.3) is 0 Å². The zero-order valence-electron chi connectivity index (χ0n) is 21.5. The first-order valence-electron chi connectivity index (χ1n) is 12.1. The summed E-state index contributed by atoms with van der Waals surface area (Å²) in [6.45, 7) is 0.156. The van der Waals surface area contributed by atoms with Crippen LogP contribution in [0.3, 0.4) is 0 Å². The van der Waals surface area contributed by atoms with Crippen molar-refractivity contribution in [3.63, 3.8) is 0 Å². The Labute approximate surface area is 228 Å². The quantitative estimate of drug-likeness (QED) is 0.0499. The molecule has 2 rings (SSSR count). The molecule has 0 saturated carbocycles. The van der Waals surface area contributed by atoms with Crippen molar-refractivity contribution in [3.8, 4) is 0 Å².